The molecule has 2 unspecified atom stereocenters. The summed E-state index contributed by atoms with van der Waals surface area (Å²) in [5, 5.41) is 3.37. The Bertz CT molecular complexity index is 305. The number of ether oxygens (including phenoxy) is 1. The molecule has 1 amide bonds. The standard InChI is InChI=1S/C15H28N2O2/c1-4-17(10-13-6-5-9-19-13)14(18)15(12(2)3)7-8-16-11-15/h12-13,16H,4-11H2,1-3H3. The molecule has 0 radical (unpaired) electrons. The monoisotopic (exact) mass is 268 g/mol. The molecule has 2 atom stereocenters. The Labute approximate surface area is 116 Å². The highest BCUT2D eigenvalue weighted by Gasteiger charge is 2.46. The van der Waals surface area contributed by atoms with Crippen LogP contribution in [0.2, 0.25) is 0 Å². The van der Waals surface area contributed by atoms with Gasteiger partial charge in [-0.1, -0.05) is 13.8 Å². The van der Waals surface area contributed by atoms with Crippen LogP contribution in [0.5, 0.6) is 0 Å². The molecule has 0 aromatic heterocycles. The van der Waals surface area contributed by atoms with Gasteiger partial charge in [-0.15, -0.1) is 0 Å². The highest BCUT2D eigenvalue weighted by atomic mass is 16.5. The largest absolute Gasteiger partial charge is 0.376 e. The average molecular weight is 268 g/mol. The molecule has 2 heterocycles. The van der Waals surface area contributed by atoms with Gasteiger partial charge in [-0.2, -0.15) is 0 Å². The van der Waals surface area contributed by atoms with Crippen LogP contribution in [0.1, 0.15) is 40.0 Å². The number of nitrogens with zero attached hydrogens (tertiary/aromatic N) is 1. The first-order valence-corrected chi connectivity index (χ1v) is 7.72. The van der Waals surface area contributed by atoms with Crippen LogP contribution in [0.3, 0.4) is 0 Å². The lowest BCUT2D eigenvalue weighted by Crippen LogP contribution is -2.50. The van der Waals surface area contributed by atoms with Gasteiger partial charge in [0, 0.05) is 26.2 Å². The first-order valence-electron chi connectivity index (χ1n) is 7.72. The number of hydrogen-bond acceptors (Lipinski definition) is 3. The first-order chi connectivity index (χ1) is 9.10. The smallest absolute Gasteiger partial charge is 0.230 e. The van der Waals surface area contributed by atoms with E-state index in [1.165, 1.54) is 0 Å². The predicted octanol–water partition coefficient (Wildman–Crippen LogP) is 1.65. The number of hydrogen-bond donors (Lipinski definition) is 1. The van der Waals surface area contributed by atoms with Gasteiger partial charge in [0.05, 0.1) is 11.5 Å². The van der Waals surface area contributed by atoms with E-state index in [0.29, 0.717) is 11.8 Å². The normalized spacial score (nSPS) is 31.1. The van der Waals surface area contributed by atoms with E-state index >= 15 is 0 Å². The number of carbonyl (C=O) groups excluding carboxylic acids is 1. The van der Waals surface area contributed by atoms with Crippen molar-refractivity contribution >= 4 is 5.91 Å². The molecule has 2 saturated heterocycles. The minimum atomic E-state index is -0.200. The third kappa shape index (κ3) is 2.95. The molecule has 0 aliphatic carbocycles. The number of amides is 1. The summed E-state index contributed by atoms with van der Waals surface area (Å²) >= 11 is 0. The molecule has 0 aromatic rings. The second kappa shape index (κ2) is 6.23. The maximum atomic E-state index is 13.0. The van der Waals surface area contributed by atoms with Gasteiger partial charge in [0.25, 0.3) is 0 Å². The summed E-state index contributed by atoms with van der Waals surface area (Å²) in [7, 11) is 0. The van der Waals surface area contributed by atoms with Crippen LogP contribution in [0, 0.1) is 11.3 Å². The second-order valence-electron chi connectivity index (χ2n) is 6.22. The number of likely N-dealkylation sites (N-methyl/N-ethyl adjacent to an activating group) is 1. The van der Waals surface area contributed by atoms with Crippen molar-refractivity contribution in [1.29, 1.82) is 0 Å². The highest BCUT2D eigenvalue weighted by molar-refractivity contribution is 5.83. The highest BCUT2D eigenvalue weighted by Crippen LogP contribution is 2.36. The van der Waals surface area contributed by atoms with Crippen LogP contribution in [0.15, 0.2) is 0 Å². The molecule has 2 fully saturated rings. The predicted molar refractivity (Wildman–Crippen MR) is 76.0 cm³/mol. The van der Waals surface area contributed by atoms with Crippen molar-refractivity contribution in [3.63, 3.8) is 0 Å². The quantitative estimate of drug-likeness (QED) is 0.824. The lowest BCUT2D eigenvalue weighted by atomic mass is 9.75. The van der Waals surface area contributed by atoms with E-state index in [1.807, 2.05) is 4.90 Å². The van der Waals surface area contributed by atoms with Crippen LogP contribution in [0.4, 0.5) is 0 Å². The van der Waals surface area contributed by atoms with Crippen LogP contribution < -0.4 is 5.32 Å². The molecular weight excluding hydrogens is 240 g/mol. The summed E-state index contributed by atoms with van der Waals surface area (Å²) in [6.07, 6.45) is 3.44. The summed E-state index contributed by atoms with van der Waals surface area (Å²) < 4.78 is 5.68. The zero-order valence-electron chi connectivity index (χ0n) is 12.6. The van der Waals surface area contributed by atoms with Crippen LogP contribution in [-0.2, 0) is 9.53 Å². The minimum absolute atomic E-state index is 0.200. The number of nitrogens with one attached hydrogen (secondary N) is 1. The Morgan fingerprint density at radius 2 is 2.32 bits per heavy atom. The van der Waals surface area contributed by atoms with Gasteiger partial charge < -0.3 is 15.0 Å². The molecule has 4 nitrogen and oxygen atoms in total. The van der Waals surface area contributed by atoms with Crippen LogP contribution in [-0.4, -0.2) is 49.7 Å². The van der Waals surface area contributed by atoms with E-state index in [0.717, 1.165) is 52.0 Å². The topological polar surface area (TPSA) is 41.6 Å². The lowest BCUT2D eigenvalue weighted by molar-refractivity contribution is -0.145. The maximum absolute atomic E-state index is 13.0. The minimum Gasteiger partial charge on any atom is -0.376 e. The molecule has 19 heavy (non-hydrogen) atoms. The molecule has 2 aliphatic heterocycles. The van der Waals surface area contributed by atoms with Gasteiger partial charge in [0.1, 0.15) is 0 Å². The van der Waals surface area contributed by atoms with E-state index in [2.05, 4.69) is 26.1 Å². The third-order valence-corrected chi connectivity index (χ3v) is 4.84. The molecule has 1 N–H and O–H groups in total. The summed E-state index contributed by atoms with van der Waals surface area (Å²) in [5.41, 5.74) is -0.200. The van der Waals surface area contributed by atoms with Crippen molar-refractivity contribution in [2.24, 2.45) is 11.3 Å². The van der Waals surface area contributed by atoms with Gasteiger partial charge in [-0.3, -0.25) is 4.79 Å². The molecule has 0 spiro atoms. The Hall–Kier alpha value is -0.610. The van der Waals surface area contributed by atoms with Gasteiger partial charge in [0.15, 0.2) is 0 Å². The SMILES string of the molecule is CCN(CC1CCCO1)C(=O)C1(C(C)C)CCNC1. The molecule has 0 bridgehead atoms. The Morgan fingerprint density at radius 1 is 1.53 bits per heavy atom. The molecule has 2 aliphatic rings. The van der Waals surface area contributed by atoms with Gasteiger partial charge in [-0.05, 0) is 38.6 Å². The van der Waals surface area contributed by atoms with Crippen molar-refractivity contribution in [2.45, 2.75) is 46.1 Å². The van der Waals surface area contributed by atoms with E-state index in [9.17, 15) is 4.79 Å². The molecular formula is C15H28N2O2. The molecule has 0 aromatic carbocycles. The van der Waals surface area contributed by atoms with E-state index in [1.54, 1.807) is 0 Å². The summed E-state index contributed by atoms with van der Waals surface area (Å²) in [4.78, 5) is 15.0. The molecule has 0 saturated carbocycles. The van der Waals surface area contributed by atoms with Crippen molar-refractivity contribution in [2.75, 3.05) is 32.8 Å². The second-order valence-corrected chi connectivity index (χ2v) is 6.22. The number of rotatable bonds is 5. The zero-order valence-corrected chi connectivity index (χ0v) is 12.6. The average Bonchev–Trinajstić information content (AvgIpc) is 3.06. The van der Waals surface area contributed by atoms with Gasteiger partial charge in [0.2, 0.25) is 5.91 Å². The Morgan fingerprint density at radius 3 is 2.79 bits per heavy atom. The van der Waals surface area contributed by atoms with Crippen molar-refractivity contribution in [3.8, 4) is 0 Å². The fourth-order valence-electron chi connectivity index (χ4n) is 3.34. The fourth-order valence-corrected chi connectivity index (χ4v) is 3.34. The molecule has 2 rings (SSSR count). The van der Waals surface area contributed by atoms with E-state index in [4.69, 9.17) is 4.74 Å². The first kappa shape index (κ1) is 14.8. The number of carbonyl (C=O) groups is 1. The summed E-state index contributed by atoms with van der Waals surface area (Å²) in [5.74, 6) is 0.707. The Kier molecular flexibility index (Phi) is 4.85. The van der Waals surface area contributed by atoms with E-state index in [-0.39, 0.29) is 11.5 Å². The summed E-state index contributed by atoms with van der Waals surface area (Å²) in [6, 6.07) is 0. The molecule has 4 heteroatoms. The van der Waals surface area contributed by atoms with Crippen molar-refractivity contribution in [1.82, 2.24) is 10.2 Å². The van der Waals surface area contributed by atoms with E-state index < -0.39 is 0 Å². The maximum Gasteiger partial charge on any atom is 0.230 e. The van der Waals surface area contributed by atoms with Gasteiger partial charge in [-0.25, -0.2) is 0 Å². The van der Waals surface area contributed by atoms with Crippen molar-refractivity contribution in [3.05, 3.63) is 0 Å². The Balaban J connectivity index is 2.05. The summed E-state index contributed by atoms with van der Waals surface area (Å²) in [6.45, 7) is 10.6. The van der Waals surface area contributed by atoms with Crippen molar-refractivity contribution < 1.29 is 9.53 Å². The third-order valence-electron chi connectivity index (χ3n) is 4.84. The molecule has 110 valence electrons. The van der Waals surface area contributed by atoms with Crippen LogP contribution in [0.25, 0.3) is 0 Å². The lowest BCUT2D eigenvalue weighted by Gasteiger charge is -2.37. The fraction of sp³-hybridized carbons (Fsp3) is 0.933. The van der Waals surface area contributed by atoms with Gasteiger partial charge >= 0.3 is 0 Å². The zero-order chi connectivity index (χ0) is 13.9. The van der Waals surface area contributed by atoms with Crippen LogP contribution >= 0.6 is 0 Å².